The molecule has 2 N–H and O–H groups in total. The van der Waals surface area contributed by atoms with Crippen LogP contribution in [0.4, 0.5) is 0 Å². The zero-order valence-electron chi connectivity index (χ0n) is 3.76. The summed E-state index contributed by atoms with van der Waals surface area (Å²) in [6.07, 6.45) is 0. The van der Waals surface area contributed by atoms with Gasteiger partial charge in [0.2, 0.25) is 0 Å². The molecule has 0 aromatic heterocycles. The molecule has 0 fully saturated rings. The summed E-state index contributed by atoms with van der Waals surface area (Å²) in [6.45, 7) is 0. The maximum Gasteiger partial charge on any atom is 0.170 e. The molecule has 0 heterocycles. The number of hydrogen-bond acceptors (Lipinski definition) is 3. The van der Waals surface area contributed by atoms with E-state index in [1.165, 1.54) is 7.11 Å². The summed E-state index contributed by atoms with van der Waals surface area (Å²) in [5, 5.41) is 8.69. The highest BCUT2D eigenvalue weighted by Gasteiger charge is 2.14. The molecule has 0 aliphatic heterocycles. The first kappa shape index (κ1) is 8.00. The number of halogens is 1. The van der Waals surface area contributed by atoms with Crippen molar-refractivity contribution in [2.24, 2.45) is 0 Å². The lowest BCUT2D eigenvalue weighted by atomic mass is 11.7. The zero-order valence-corrected chi connectivity index (χ0v) is 7.07. The molecule has 0 rings (SSSR count). The van der Waals surface area contributed by atoms with Gasteiger partial charge in [0.1, 0.15) is 7.11 Å². The van der Waals surface area contributed by atoms with Crippen LogP contribution in [0.1, 0.15) is 0 Å². The second-order valence-electron chi connectivity index (χ2n) is 0.890. The van der Waals surface area contributed by atoms with Crippen LogP contribution in [0.2, 0.25) is 0 Å². The van der Waals surface area contributed by atoms with Crippen molar-refractivity contribution in [1.82, 2.24) is 3.64 Å². The quantitative estimate of drug-likeness (QED) is 0.316. The molecule has 0 saturated carbocycles. The van der Waals surface area contributed by atoms with Gasteiger partial charge in [0, 0.05) is 4.69 Å². The average Bonchev–Trinajstić information content (AvgIpc) is 1.68. The second kappa shape index (κ2) is 3.11. The number of quaternary nitrogens is 1. The maximum atomic E-state index is 8.69. The first-order valence-electron chi connectivity index (χ1n) is 1.46. The Morgan fingerprint density at radius 3 is 2.43 bits per heavy atom. The Hall–Kier alpha value is 1.00. The highest BCUT2D eigenvalue weighted by atomic mass is 127. The largest absolute Gasteiger partial charge is 0.170 e. The van der Waals surface area contributed by atoms with Gasteiger partial charge in [0.05, 0.1) is 22.9 Å². The summed E-state index contributed by atoms with van der Waals surface area (Å²) in [5.41, 5.74) is 0. The monoisotopic (exact) mass is 237 g/mol. The van der Waals surface area contributed by atoms with Gasteiger partial charge in [-0.15, -0.1) is 4.84 Å². The Labute approximate surface area is 58.0 Å². The number of hydrogen-bond donors (Lipinski definition) is 2. The van der Waals surface area contributed by atoms with Gasteiger partial charge in [-0.1, -0.05) is 0 Å². The van der Waals surface area contributed by atoms with E-state index in [1.54, 1.807) is 22.9 Å². The molecule has 0 saturated heterocycles. The molecular weight excluding hydrogens is 230 g/mol. The van der Waals surface area contributed by atoms with Gasteiger partial charge in [0.25, 0.3) is 0 Å². The third-order valence-corrected chi connectivity index (χ3v) is 1.96. The van der Waals surface area contributed by atoms with E-state index in [0.29, 0.717) is 0 Å². The minimum Gasteiger partial charge on any atom is -0.159 e. The summed E-state index contributed by atoms with van der Waals surface area (Å²) in [7, 11) is 3.39. The molecule has 6 heteroatoms. The molecule has 2 unspecified atom stereocenters. The smallest absolute Gasteiger partial charge is 0.159 e. The van der Waals surface area contributed by atoms with E-state index >= 15 is 0 Å². The van der Waals surface area contributed by atoms with E-state index in [1.807, 2.05) is 9.39 Å². The molecule has 0 spiro atoms. The minimum atomic E-state index is -0.708. The van der Waals surface area contributed by atoms with Crippen molar-refractivity contribution < 1.29 is 14.7 Å². The molecule has 0 aliphatic carbocycles. The molecule has 2 atom stereocenters. The van der Waals surface area contributed by atoms with Crippen molar-refractivity contribution in [3.05, 3.63) is 0 Å². The molecular formula is CH7IN2O2P+. The van der Waals surface area contributed by atoms with Crippen molar-refractivity contribution in [1.29, 1.82) is 0 Å². The lowest BCUT2D eigenvalue weighted by Crippen LogP contribution is -2.39. The molecule has 0 bridgehead atoms. The van der Waals surface area contributed by atoms with Gasteiger partial charge >= 0.3 is 0 Å². The van der Waals surface area contributed by atoms with Crippen molar-refractivity contribution in [2.45, 2.75) is 0 Å². The zero-order chi connectivity index (χ0) is 5.91. The third-order valence-electron chi connectivity index (χ3n) is 0.399. The number of rotatable bonds is 2. The van der Waals surface area contributed by atoms with Crippen LogP contribution in [0.25, 0.3) is 0 Å². The number of nitrogens with zero attached hydrogens (tertiary/aromatic N) is 1. The highest BCUT2D eigenvalue weighted by Crippen LogP contribution is 2.05. The molecule has 0 aliphatic rings. The molecule has 44 valence electrons. The molecule has 0 amide bonds. The minimum absolute atomic E-state index is 0.708. The Morgan fingerprint density at radius 2 is 2.43 bits per heavy atom. The SMILES string of the molecule is CO[N+](O)(P)NI. The summed E-state index contributed by atoms with van der Waals surface area (Å²) in [6, 6.07) is 0. The topological polar surface area (TPSA) is 41.5 Å². The Kier molecular flexibility index (Phi) is 3.56. The molecule has 0 aromatic carbocycles. The van der Waals surface area contributed by atoms with Gasteiger partial charge in [-0.2, -0.15) is 5.21 Å². The first-order valence-corrected chi connectivity index (χ1v) is 3.06. The van der Waals surface area contributed by atoms with Crippen LogP contribution in [-0.2, 0) is 4.84 Å². The fourth-order valence-electron chi connectivity index (χ4n) is 0.0345. The van der Waals surface area contributed by atoms with Crippen LogP contribution in [-0.4, -0.2) is 17.0 Å². The Morgan fingerprint density at radius 1 is 2.00 bits per heavy atom. The predicted octanol–water partition coefficient (Wildman–Crippen LogP) is 0.399. The van der Waals surface area contributed by atoms with Gasteiger partial charge in [0.15, 0.2) is 9.39 Å². The van der Waals surface area contributed by atoms with Crippen LogP contribution in [0, 0.1) is 0 Å². The van der Waals surface area contributed by atoms with Gasteiger partial charge in [-0.25, -0.2) is 0 Å². The third kappa shape index (κ3) is 3.57. The second-order valence-corrected chi connectivity index (χ2v) is 2.07. The summed E-state index contributed by atoms with van der Waals surface area (Å²) >= 11 is 1.76. The van der Waals surface area contributed by atoms with Crippen LogP contribution in [0.15, 0.2) is 0 Å². The van der Waals surface area contributed by atoms with E-state index < -0.39 is 4.69 Å². The van der Waals surface area contributed by atoms with Crippen LogP contribution in [0.5, 0.6) is 0 Å². The van der Waals surface area contributed by atoms with Crippen molar-refractivity contribution >= 4 is 32.3 Å². The normalized spacial score (nSPS) is 18.9. The van der Waals surface area contributed by atoms with Crippen LogP contribution < -0.4 is 3.64 Å². The standard InChI is InChI=1S/CH7IN2O2P/c1-6-4(5,7)3-2/h3,5H,7H2,1H3/q+1. The first-order chi connectivity index (χ1) is 3.12. The van der Waals surface area contributed by atoms with Crippen LogP contribution >= 0.6 is 32.3 Å². The Balaban J connectivity index is 3.36. The lowest BCUT2D eigenvalue weighted by Gasteiger charge is -2.14. The Bertz CT molecular complexity index is 53.7. The average molecular weight is 237 g/mol. The molecule has 7 heavy (non-hydrogen) atoms. The molecule has 4 nitrogen and oxygen atoms in total. The van der Waals surface area contributed by atoms with E-state index in [9.17, 15) is 0 Å². The highest BCUT2D eigenvalue weighted by molar-refractivity contribution is 14.1. The maximum absolute atomic E-state index is 8.69. The van der Waals surface area contributed by atoms with E-state index in [4.69, 9.17) is 5.21 Å². The van der Waals surface area contributed by atoms with E-state index in [-0.39, 0.29) is 0 Å². The van der Waals surface area contributed by atoms with Gasteiger partial charge < -0.3 is 0 Å². The molecule has 0 aromatic rings. The fraction of sp³-hybridized carbons (Fsp3) is 1.00. The van der Waals surface area contributed by atoms with Gasteiger partial charge in [-0.3, -0.25) is 0 Å². The number of nitrogens with one attached hydrogen (secondary N) is 1. The van der Waals surface area contributed by atoms with E-state index in [0.717, 1.165) is 0 Å². The molecule has 0 radical (unpaired) electrons. The van der Waals surface area contributed by atoms with Crippen molar-refractivity contribution in [3.63, 3.8) is 0 Å². The fourth-order valence-corrected chi connectivity index (χ4v) is 0.231. The van der Waals surface area contributed by atoms with Gasteiger partial charge in [-0.05, 0) is 3.64 Å². The summed E-state index contributed by atoms with van der Waals surface area (Å²) in [4.78, 5) is 4.42. The summed E-state index contributed by atoms with van der Waals surface area (Å²) < 4.78 is 1.69. The lowest BCUT2D eigenvalue weighted by molar-refractivity contribution is -1.17. The van der Waals surface area contributed by atoms with E-state index in [2.05, 4.69) is 8.48 Å². The van der Waals surface area contributed by atoms with Crippen molar-refractivity contribution in [2.75, 3.05) is 7.11 Å². The summed E-state index contributed by atoms with van der Waals surface area (Å²) in [5.74, 6) is 0. The van der Waals surface area contributed by atoms with Crippen molar-refractivity contribution in [3.8, 4) is 0 Å². The van der Waals surface area contributed by atoms with Crippen LogP contribution in [0.3, 0.4) is 0 Å². The predicted molar refractivity (Wildman–Crippen MR) is 35.9 cm³/mol.